The first-order valence-corrected chi connectivity index (χ1v) is 9.92. The quantitative estimate of drug-likeness (QED) is 0.778. The SMILES string of the molecule is Cc1[nH]c(-c2ccc(Cl)cc2)nc1CC(C)(C)NCC(=O)N1CCC[C@H]1C#N. The summed E-state index contributed by atoms with van der Waals surface area (Å²) in [6, 6.07) is 9.50. The van der Waals surface area contributed by atoms with E-state index in [0.717, 1.165) is 35.6 Å². The van der Waals surface area contributed by atoms with Gasteiger partial charge in [0.05, 0.1) is 18.3 Å². The lowest BCUT2D eigenvalue weighted by molar-refractivity contribution is -0.130. The minimum atomic E-state index is -0.311. The Hall–Kier alpha value is -2.36. The van der Waals surface area contributed by atoms with Crippen molar-refractivity contribution in [2.24, 2.45) is 0 Å². The van der Waals surface area contributed by atoms with E-state index in [4.69, 9.17) is 21.8 Å². The van der Waals surface area contributed by atoms with E-state index < -0.39 is 0 Å². The number of H-pyrrole nitrogens is 1. The number of aryl methyl sites for hydroxylation is 1. The van der Waals surface area contributed by atoms with Crippen LogP contribution in [0.3, 0.4) is 0 Å². The summed E-state index contributed by atoms with van der Waals surface area (Å²) >= 11 is 5.96. The number of aromatic nitrogens is 2. The van der Waals surface area contributed by atoms with Crippen LogP contribution in [-0.2, 0) is 11.2 Å². The van der Waals surface area contributed by atoms with Gasteiger partial charge in [0.2, 0.25) is 5.91 Å². The molecule has 2 heterocycles. The first-order valence-electron chi connectivity index (χ1n) is 9.54. The zero-order valence-corrected chi connectivity index (χ0v) is 17.3. The van der Waals surface area contributed by atoms with Gasteiger partial charge in [0.25, 0.3) is 0 Å². The van der Waals surface area contributed by atoms with E-state index in [1.54, 1.807) is 4.90 Å². The summed E-state index contributed by atoms with van der Waals surface area (Å²) in [6.45, 7) is 7.01. The minimum absolute atomic E-state index is 0.0160. The van der Waals surface area contributed by atoms with Crippen molar-refractivity contribution in [2.45, 2.75) is 51.6 Å². The minimum Gasteiger partial charge on any atom is -0.342 e. The molecule has 1 amide bonds. The van der Waals surface area contributed by atoms with E-state index in [2.05, 4.69) is 30.2 Å². The standard InChI is InChI=1S/C21H26ClN5O/c1-14-18(26-20(25-14)15-6-8-16(22)9-7-15)11-21(2,3)24-13-19(28)27-10-4-5-17(27)12-23/h6-9,17,24H,4-5,10-11,13H2,1-3H3,(H,25,26)/t17-/m0/s1. The summed E-state index contributed by atoms with van der Waals surface area (Å²) in [7, 11) is 0. The fourth-order valence-electron chi connectivity index (χ4n) is 3.51. The number of carbonyl (C=O) groups excluding carboxylic acids is 1. The lowest BCUT2D eigenvalue weighted by Crippen LogP contribution is -2.48. The Kier molecular flexibility index (Phi) is 6.07. The van der Waals surface area contributed by atoms with Crippen LogP contribution in [0.5, 0.6) is 0 Å². The molecule has 7 heteroatoms. The molecule has 0 spiro atoms. The number of rotatable bonds is 6. The number of carbonyl (C=O) groups is 1. The Labute approximate surface area is 170 Å². The molecular formula is C21H26ClN5O. The summed E-state index contributed by atoms with van der Waals surface area (Å²) in [4.78, 5) is 22.2. The molecule has 0 radical (unpaired) electrons. The lowest BCUT2D eigenvalue weighted by Gasteiger charge is -2.28. The number of imidazole rings is 1. The van der Waals surface area contributed by atoms with Gasteiger partial charge in [0.1, 0.15) is 11.9 Å². The molecule has 1 saturated heterocycles. The molecule has 28 heavy (non-hydrogen) atoms. The van der Waals surface area contributed by atoms with Gasteiger partial charge in [-0.3, -0.25) is 4.79 Å². The van der Waals surface area contributed by atoms with E-state index in [9.17, 15) is 4.79 Å². The second kappa shape index (κ2) is 8.34. The molecule has 1 aromatic heterocycles. The third kappa shape index (κ3) is 4.73. The molecular weight excluding hydrogens is 374 g/mol. The number of likely N-dealkylation sites (tertiary alicyclic amines) is 1. The van der Waals surface area contributed by atoms with E-state index in [1.165, 1.54) is 0 Å². The molecule has 2 aromatic rings. The fraction of sp³-hybridized carbons (Fsp3) is 0.476. The van der Waals surface area contributed by atoms with Gasteiger partial charge < -0.3 is 15.2 Å². The van der Waals surface area contributed by atoms with Crippen molar-refractivity contribution >= 4 is 17.5 Å². The van der Waals surface area contributed by atoms with E-state index in [-0.39, 0.29) is 24.0 Å². The van der Waals surface area contributed by atoms with Crippen LogP contribution < -0.4 is 5.32 Å². The van der Waals surface area contributed by atoms with Gasteiger partial charge in [-0.15, -0.1) is 0 Å². The second-order valence-electron chi connectivity index (χ2n) is 7.95. The number of nitrogens with zero attached hydrogens (tertiary/aromatic N) is 3. The van der Waals surface area contributed by atoms with Gasteiger partial charge >= 0.3 is 0 Å². The molecule has 0 unspecified atom stereocenters. The Morgan fingerprint density at radius 1 is 1.43 bits per heavy atom. The molecule has 1 aliphatic rings. The molecule has 3 rings (SSSR count). The molecule has 1 atom stereocenters. The number of hydrogen-bond acceptors (Lipinski definition) is 4. The lowest BCUT2D eigenvalue weighted by atomic mass is 9.97. The number of hydrogen-bond donors (Lipinski definition) is 2. The third-order valence-corrected chi connectivity index (χ3v) is 5.40. The van der Waals surface area contributed by atoms with Crippen LogP contribution in [-0.4, -0.2) is 45.4 Å². The summed E-state index contributed by atoms with van der Waals surface area (Å²) in [5, 5.41) is 13.2. The normalized spacial score (nSPS) is 17.0. The number of nitrogens with one attached hydrogen (secondary N) is 2. The maximum absolute atomic E-state index is 12.5. The van der Waals surface area contributed by atoms with E-state index in [0.29, 0.717) is 18.0 Å². The second-order valence-corrected chi connectivity index (χ2v) is 8.39. The molecule has 1 aliphatic heterocycles. The molecule has 6 nitrogen and oxygen atoms in total. The van der Waals surface area contributed by atoms with Crippen LogP contribution in [0, 0.1) is 18.3 Å². The van der Waals surface area contributed by atoms with Crippen molar-refractivity contribution < 1.29 is 4.79 Å². The van der Waals surface area contributed by atoms with Crippen molar-refractivity contribution in [3.63, 3.8) is 0 Å². The van der Waals surface area contributed by atoms with Crippen LogP contribution in [0.25, 0.3) is 11.4 Å². The Morgan fingerprint density at radius 3 is 2.82 bits per heavy atom. The predicted octanol–water partition coefficient (Wildman–Crippen LogP) is 3.46. The van der Waals surface area contributed by atoms with Crippen molar-refractivity contribution in [1.29, 1.82) is 5.26 Å². The monoisotopic (exact) mass is 399 g/mol. The number of aromatic amines is 1. The van der Waals surface area contributed by atoms with Gasteiger partial charge in [0.15, 0.2) is 0 Å². The highest BCUT2D eigenvalue weighted by Crippen LogP contribution is 2.23. The molecule has 2 N–H and O–H groups in total. The van der Waals surface area contributed by atoms with Crippen molar-refractivity contribution in [3.8, 4) is 17.5 Å². The number of nitriles is 1. The van der Waals surface area contributed by atoms with Crippen LogP contribution in [0.4, 0.5) is 0 Å². The highest BCUT2D eigenvalue weighted by atomic mass is 35.5. The predicted molar refractivity (Wildman–Crippen MR) is 110 cm³/mol. The molecule has 1 fully saturated rings. The number of halogens is 1. The van der Waals surface area contributed by atoms with Crippen LogP contribution >= 0.6 is 11.6 Å². The van der Waals surface area contributed by atoms with Gasteiger partial charge in [-0.25, -0.2) is 4.98 Å². The van der Waals surface area contributed by atoms with Crippen LogP contribution in [0.1, 0.15) is 38.1 Å². The molecule has 148 valence electrons. The Morgan fingerprint density at radius 2 is 2.14 bits per heavy atom. The fourth-order valence-corrected chi connectivity index (χ4v) is 3.64. The molecule has 0 aliphatic carbocycles. The van der Waals surface area contributed by atoms with Crippen LogP contribution in [0.2, 0.25) is 5.02 Å². The smallest absolute Gasteiger partial charge is 0.237 e. The summed E-state index contributed by atoms with van der Waals surface area (Å²) in [5.74, 6) is 0.794. The largest absolute Gasteiger partial charge is 0.342 e. The van der Waals surface area contributed by atoms with Crippen LogP contribution in [0.15, 0.2) is 24.3 Å². The average Bonchev–Trinajstić information content (AvgIpc) is 3.27. The molecule has 1 aromatic carbocycles. The Balaban J connectivity index is 1.63. The van der Waals surface area contributed by atoms with E-state index >= 15 is 0 Å². The van der Waals surface area contributed by atoms with Crippen molar-refractivity contribution in [2.75, 3.05) is 13.1 Å². The summed E-state index contributed by atoms with van der Waals surface area (Å²) in [6.07, 6.45) is 2.34. The zero-order chi connectivity index (χ0) is 20.3. The zero-order valence-electron chi connectivity index (χ0n) is 16.6. The summed E-state index contributed by atoms with van der Waals surface area (Å²) in [5.41, 5.74) is 2.65. The maximum Gasteiger partial charge on any atom is 0.237 e. The molecule has 0 saturated carbocycles. The molecule has 0 bridgehead atoms. The third-order valence-electron chi connectivity index (χ3n) is 5.15. The average molecular weight is 400 g/mol. The topological polar surface area (TPSA) is 84.8 Å². The van der Waals surface area contributed by atoms with Gasteiger partial charge in [-0.05, 0) is 57.9 Å². The Bertz CT molecular complexity index is 881. The van der Waals surface area contributed by atoms with Gasteiger partial charge in [-0.2, -0.15) is 5.26 Å². The van der Waals surface area contributed by atoms with Crippen molar-refractivity contribution in [1.82, 2.24) is 20.2 Å². The maximum atomic E-state index is 12.5. The number of benzene rings is 1. The van der Waals surface area contributed by atoms with Gasteiger partial charge in [-0.1, -0.05) is 11.6 Å². The highest BCUT2D eigenvalue weighted by Gasteiger charge is 2.30. The highest BCUT2D eigenvalue weighted by molar-refractivity contribution is 6.30. The first-order chi connectivity index (χ1) is 13.3. The first kappa shape index (κ1) is 20.4. The van der Waals surface area contributed by atoms with Crippen molar-refractivity contribution in [3.05, 3.63) is 40.7 Å². The van der Waals surface area contributed by atoms with Gasteiger partial charge in [0, 0.05) is 34.8 Å². The van der Waals surface area contributed by atoms with E-state index in [1.807, 2.05) is 31.2 Å². The number of amides is 1. The summed E-state index contributed by atoms with van der Waals surface area (Å²) < 4.78 is 0.